The zero-order valence-corrected chi connectivity index (χ0v) is 20.3. The summed E-state index contributed by atoms with van der Waals surface area (Å²) in [6.45, 7) is 10.1. The first kappa shape index (κ1) is 29.2. The molecule has 1 atom stereocenters. The number of aliphatic hydroxyl groups excluding tert-OH is 1. The Morgan fingerprint density at radius 3 is 1.83 bits per heavy atom. The van der Waals surface area contributed by atoms with Crippen molar-refractivity contribution in [1.29, 1.82) is 0 Å². The normalized spacial score (nSPS) is 12.3. The first-order valence-electron chi connectivity index (χ1n) is 12.8. The molecular weight excluding hydrogens is 378 g/mol. The summed E-state index contributed by atoms with van der Waals surface area (Å²) in [7, 11) is 0. The molecule has 0 aromatic carbocycles. The molecule has 180 valence electrons. The van der Waals surface area contributed by atoms with Gasteiger partial charge in [0.1, 0.15) is 6.10 Å². The summed E-state index contributed by atoms with van der Waals surface area (Å²) in [6, 6.07) is 0. The quantitative estimate of drug-likeness (QED) is 0.153. The molecule has 0 aliphatic rings. The van der Waals surface area contributed by atoms with Crippen molar-refractivity contribution in [2.75, 3.05) is 32.8 Å². The van der Waals surface area contributed by atoms with Gasteiger partial charge in [-0.2, -0.15) is 0 Å². The van der Waals surface area contributed by atoms with Gasteiger partial charge in [0.2, 0.25) is 0 Å². The Morgan fingerprint density at radius 1 is 0.767 bits per heavy atom. The fourth-order valence-corrected chi connectivity index (χ4v) is 3.76. The van der Waals surface area contributed by atoms with Crippen molar-refractivity contribution in [3.05, 3.63) is 0 Å². The van der Waals surface area contributed by atoms with E-state index in [4.69, 9.17) is 14.6 Å². The predicted octanol–water partition coefficient (Wildman–Crippen LogP) is 6.71. The first-order chi connectivity index (χ1) is 14.7. The van der Waals surface area contributed by atoms with Gasteiger partial charge in [0.25, 0.3) is 0 Å². The Kier molecular flexibility index (Phi) is 22.2. The largest absolute Gasteiger partial charge is 0.508 e. The number of unbranched alkanes of at least 4 members (excludes halogenated alkanes) is 10. The molecule has 0 aliphatic heterocycles. The van der Waals surface area contributed by atoms with Gasteiger partial charge in [0.05, 0.1) is 6.61 Å². The van der Waals surface area contributed by atoms with E-state index in [9.17, 15) is 4.79 Å². The lowest BCUT2D eigenvalue weighted by molar-refractivity contribution is 0.0144. The molecule has 0 spiro atoms. The van der Waals surface area contributed by atoms with Crippen LogP contribution in [0.3, 0.4) is 0 Å². The number of rotatable bonds is 22. The maximum absolute atomic E-state index is 12.0. The van der Waals surface area contributed by atoms with E-state index >= 15 is 0 Å². The summed E-state index contributed by atoms with van der Waals surface area (Å²) in [5.41, 5.74) is 0. The zero-order chi connectivity index (χ0) is 22.3. The number of carbonyl (C=O) groups is 1. The molecule has 1 N–H and O–H groups in total. The molecule has 5 nitrogen and oxygen atoms in total. The van der Waals surface area contributed by atoms with Crippen LogP contribution < -0.4 is 0 Å². The molecule has 0 rings (SSSR count). The highest BCUT2D eigenvalue weighted by molar-refractivity contribution is 5.60. The molecule has 0 aromatic heterocycles. The number of hydrogen-bond acceptors (Lipinski definition) is 5. The molecular formula is C25H51NO4. The molecule has 0 saturated carbocycles. The van der Waals surface area contributed by atoms with E-state index in [-0.39, 0.29) is 12.7 Å². The second-order valence-electron chi connectivity index (χ2n) is 8.41. The average Bonchev–Trinajstić information content (AvgIpc) is 2.75. The van der Waals surface area contributed by atoms with Crippen LogP contribution in [0, 0.1) is 0 Å². The zero-order valence-electron chi connectivity index (χ0n) is 20.3. The Labute approximate surface area is 186 Å². The van der Waals surface area contributed by atoms with Crippen molar-refractivity contribution in [1.82, 2.24) is 4.90 Å². The van der Waals surface area contributed by atoms with E-state index in [0.717, 1.165) is 58.2 Å². The van der Waals surface area contributed by atoms with Crippen molar-refractivity contribution in [3.8, 4) is 0 Å². The first-order valence-corrected chi connectivity index (χ1v) is 12.8. The molecule has 0 aliphatic carbocycles. The van der Waals surface area contributed by atoms with Crippen molar-refractivity contribution in [2.24, 2.45) is 0 Å². The third-order valence-corrected chi connectivity index (χ3v) is 5.81. The Bertz CT molecular complexity index is 361. The highest BCUT2D eigenvalue weighted by Gasteiger charge is 2.15. The average molecular weight is 430 g/mol. The molecule has 5 heteroatoms. The van der Waals surface area contributed by atoms with E-state index in [0.29, 0.717) is 6.61 Å². The molecule has 0 radical (unpaired) electrons. The standard InChI is InChI=1S/C25H51NO4/c1-4-7-8-9-10-11-12-13-14-15-19-24(20-16-17-22-27)30-25(28)29-23-18-21-26(5-2)6-3/h24,27H,4-23H2,1-3H3/t24-/m1/s1. The van der Waals surface area contributed by atoms with Crippen molar-refractivity contribution >= 4 is 6.16 Å². The fraction of sp³-hybridized carbons (Fsp3) is 0.960. The third kappa shape index (κ3) is 19.2. The second-order valence-corrected chi connectivity index (χ2v) is 8.41. The maximum atomic E-state index is 12.0. The van der Waals surface area contributed by atoms with Crippen molar-refractivity contribution in [2.45, 2.75) is 123 Å². The van der Waals surface area contributed by atoms with Gasteiger partial charge in [-0.3, -0.25) is 0 Å². The van der Waals surface area contributed by atoms with E-state index < -0.39 is 6.16 Å². The molecule has 0 aromatic rings. The lowest BCUT2D eigenvalue weighted by Crippen LogP contribution is -2.25. The summed E-state index contributed by atoms with van der Waals surface area (Å²) < 4.78 is 10.9. The molecule has 0 fully saturated rings. The Hall–Kier alpha value is -0.810. The van der Waals surface area contributed by atoms with Crippen LogP contribution in [0.1, 0.15) is 117 Å². The lowest BCUT2D eigenvalue weighted by Gasteiger charge is -2.19. The van der Waals surface area contributed by atoms with Crippen LogP contribution >= 0.6 is 0 Å². The fourth-order valence-electron chi connectivity index (χ4n) is 3.76. The molecule has 0 heterocycles. The number of aliphatic hydroxyl groups is 1. The van der Waals surface area contributed by atoms with Gasteiger partial charge in [-0.05, 0) is 51.6 Å². The van der Waals surface area contributed by atoms with Crippen LogP contribution in [0.4, 0.5) is 4.79 Å². The SMILES string of the molecule is CCCCCCCCCCCC[C@H](CCCCO)OC(=O)OCCCN(CC)CC. The smallest absolute Gasteiger partial charge is 0.434 e. The van der Waals surface area contributed by atoms with E-state index in [1.807, 2.05) is 0 Å². The van der Waals surface area contributed by atoms with Gasteiger partial charge < -0.3 is 19.5 Å². The third-order valence-electron chi connectivity index (χ3n) is 5.81. The Morgan fingerprint density at radius 2 is 1.30 bits per heavy atom. The minimum Gasteiger partial charge on any atom is -0.434 e. The second kappa shape index (κ2) is 22.9. The summed E-state index contributed by atoms with van der Waals surface area (Å²) in [5.74, 6) is 0. The number of nitrogens with zero attached hydrogens (tertiary/aromatic N) is 1. The summed E-state index contributed by atoms with van der Waals surface area (Å²) in [4.78, 5) is 14.4. The lowest BCUT2D eigenvalue weighted by atomic mass is 10.0. The summed E-state index contributed by atoms with van der Waals surface area (Å²) >= 11 is 0. The van der Waals surface area contributed by atoms with Gasteiger partial charge in [-0.15, -0.1) is 0 Å². The predicted molar refractivity (Wildman–Crippen MR) is 126 cm³/mol. The number of ether oxygens (including phenoxy) is 2. The van der Waals surface area contributed by atoms with Crippen LogP contribution in [-0.2, 0) is 9.47 Å². The van der Waals surface area contributed by atoms with Gasteiger partial charge in [-0.1, -0.05) is 78.6 Å². The molecule has 0 unspecified atom stereocenters. The van der Waals surface area contributed by atoms with E-state index in [1.165, 1.54) is 57.8 Å². The van der Waals surface area contributed by atoms with Crippen LogP contribution in [-0.4, -0.2) is 55.1 Å². The highest BCUT2D eigenvalue weighted by Crippen LogP contribution is 2.16. The van der Waals surface area contributed by atoms with E-state index in [1.54, 1.807) is 0 Å². The van der Waals surface area contributed by atoms with Crippen molar-refractivity contribution in [3.63, 3.8) is 0 Å². The van der Waals surface area contributed by atoms with Gasteiger partial charge >= 0.3 is 6.16 Å². The number of hydrogen-bond donors (Lipinski definition) is 1. The Balaban J connectivity index is 3.91. The van der Waals surface area contributed by atoms with Gasteiger partial charge in [0.15, 0.2) is 0 Å². The summed E-state index contributed by atoms with van der Waals surface area (Å²) in [6.07, 6.45) is 16.6. The highest BCUT2D eigenvalue weighted by atomic mass is 16.7. The minimum absolute atomic E-state index is 0.0825. The van der Waals surface area contributed by atoms with Gasteiger partial charge in [-0.25, -0.2) is 4.79 Å². The summed E-state index contributed by atoms with van der Waals surface area (Å²) in [5, 5.41) is 9.02. The molecule has 30 heavy (non-hydrogen) atoms. The van der Waals surface area contributed by atoms with Crippen LogP contribution in [0.2, 0.25) is 0 Å². The molecule has 0 saturated heterocycles. The van der Waals surface area contributed by atoms with Crippen LogP contribution in [0.15, 0.2) is 0 Å². The van der Waals surface area contributed by atoms with Crippen molar-refractivity contribution < 1.29 is 19.4 Å². The van der Waals surface area contributed by atoms with Crippen LogP contribution in [0.25, 0.3) is 0 Å². The van der Waals surface area contributed by atoms with Gasteiger partial charge in [0, 0.05) is 13.2 Å². The molecule has 0 bridgehead atoms. The molecule has 0 amide bonds. The minimum atomic E-state index is -0.532. The van der Waals surface area contributed by atoms with Crippen LogP contribution in [0.5, 0.6) is 0 Å². The number of carbonyl (C=O) groups excluding carboxylic acids is 1. The topological polar surface area (TPSA) is 59.0 Å². The monoisotopic (exact) mass is 429 g/mol. The van der Waals surface area contributed by atoms with E-state index in [2.05, 4.69) is 25.7 Å². The maximum Gasteiger partial charge on any atom is 0.508 e.